The number of hydrogen-bond donors (Lipinski definition) is 1. The molecule has 2 aromatic rings. The van der Waals surface area contributed by atoms with E-state index in [-0.39, 0.29) is 6.10 Å². The second kappa shape index (κ2) is 7.89. The SMILES string of the molecule is c1cc(-c2nc3c(c(NCCOCC4CCCO4)n2)CCC3)ccn1. The van der Waals surface area contributed by atoms with E-state index >= 15 is 0 Å². The van der Waals surface area contributed by atoms with Crippen LogP contribution in [0.4, 0.5) is 5.82 Å². The lowest BCUT2D eigenvalue weighted by molar-refractivity contribution is 0.0206. The summed E-state index contributed by atoms with van der Waals surface area (Å²) in [5, 5.41) is 3.45. The van der Waals surface area contributed by atoms with Gasteiger partial charge < -0.3 is 14.8 Å². The Bertz CT molecular complexity index is 702. The molecule has 132 valence electrons. The smallest absolute Gasteiger partial charge is 0.161 e. The van der Waals surface area contributed by atoms with E-state index in [4.69, 9.17) is 19.4 Å². The summed E-state index contributed by atoms with van der Waals surface area (Å²) < 4.78 is 11.3. The third-order valence-corrected chi connectivity index (χ3v) is 4.74. The molecule has 0 bridgehead atoms. The maximum Gasteiger partial charge on any atom is 0.161 e. The van der Waals surface area contributed by atoms with Crippen molar-refractivity contribution >= 4 is 5.82 Å². The molecule has 1 unspecified atom stereocenters. The van der Waals surface area contributed by atoms with Crippen molar-refractivity contribution in [3.8, 4) is 11.4 Å². The van der Waals surface area contributed by atoms with Crippen LogP contribution in [0.15, 0.2) is 24.5 Å². The van der Waals surface area contributed by atoms with E-state index < -0.39 is 0 Å². The highest BCUT2D eigenvalue weighted by molar-refractivity contribution is 5.60. The fourth-order valence-electron chi connectivity index (χ4n) is 3.44. The molecule has 1 saturated heterocycles. The van der Waals surface area contributed by atoms with E-state index in [1.807, 2.05) is 12.1 Å². The van der Waals surface area contributed by atoms with E-state index in [1.54, 1.807) is 12.4 Å². The molecule has 0 amide bonds. The number of ether oxygens (including phenoxy) is 2. The second-order valence-corrected chi connectivity index (χ2v) is 6.55. The summed E-state index contributed by atoms with van der Waals surface area (Å²) in [6, 6.07) is 3.90. The number of fused-ring (bicyclic) bond motifs is 1. The van der Waals surface area contributed by atoms with E-state index in [0.29, 0.717) is 13.2 Å². The van der Waals surface area contributed by atoms with Crippen LogP contribution >= 0.6 is 0 Å². The number of nitrogens with one attached hydrogen (secondary N) is 1. The molecule has 1 aliphatic carbocycles. The molecule has 0 saturated carbocycles. The fourth-order valence-corrected chi connectivity index (χ4v) is 3.44. The summed E-state index contributed by atoms with van der Waals surface area (Å²) in [4.78, 5) is 13.6. The summed E-state index contributed by atoms with van der Waals surface area (Å²) >= 11 is 0. The van der Waals surface area contributed by atoms with Crippen LogP contribution in [-0.2, 0) is 22.3 Å². The largest absolute Gasteiger partial charge is 0.377 e. The van der Waals surface area contributed by atoms with Crippen LogP contribution in [0, 0.1) is 0 Å². The first-order valence-electron chi connectivity index (χ1n) is 9.13. The van der Waals surface area contributed by atoms with Crippen molar-refractivity contribution in [2.75, 3.05) is 31.7 Å². The summed E-state index contributed by atoms with van der Waals surface area (Å²) in [5.41, 5.74) is 3.43. The normalized spacial score (nSPS) is 19.1. The predicted molar refractivity (Wildman–Crippen MR) is 95.6 cm³/mol. The van der Waals surface area contributed by atoms with Crippen LogP contribution in [-0.4, -0.2) is 47.4 Å². The van der Waals surface area contributed by atoms with E-state index in [1.165, 1.54) is 11.3 Å². The van der Waals surface area contributed by atoms with Gasteiger partial charge in [-0.3, -0.25) is 4.98 Å². The molecule has 0 radical (unpaired) electrons. The van der Waals surface area contributed by atoms with Crippen molar-refractivity contribution in [1.82, 2.24) is 15.0 Å². The van der Waals surface area contributed by atoms with Crippen molar-refractivity contribution in [3.63, 3.8) is 0 Å². The Labute approximate surface area is 148 Å². The lowest BCUT2D eigenvalue weighted by atomic mass is 10.2. The molecule has 1 aliphatic heterocycles. The molecule has 6 heteroatoms. The van der Waals surface area contributed by atoms with Gasteiger partial charge in [0.05, 0.1) is 19.3 Å². The van der Waals surface area contributed by atoms with E-state index in [9.17, 15) is 0 Å². The van der Waals surface area contributed by atoms with Gasteiger partial charge in [0.15, 0.2) is 5.82 Å². The Morgan fingerprint density at radius 1 is 1.16 bits per heavy atom. The van der Waals surface area contributed by atoms with Gasteiger partial charge in [0.2, 0.25) is 0 Å². The van der Waals surface area contributed by atoms with Crippen LogP contribution in [0.25, 0.3) is 11.4 Å². The molecular weight excluding hydrogens is 316 g/mol. The first-order chi connectivity index (χ1) is 12.4. The Morgan fingerprint density at radius 3 is 2.92 bits per heavy atom. The fraction of sp³-hybridized carbons (Fsp3) is 0.526. The molecule has 4 rings (SSSR count). The maximum atomic E-state index is 5.73. The Hall–Kier alpha value is -2.05. The molecule has 0 aromatic carbocycles. The van der Waals surface area contributed by atoms with Gasteiger partial charge in [0.25, 0.3) is 0 Å². The minimum atomic E-state index is 0.279. The van der Waals surface area contributed by atoms with Gasteiger partial charge in [-0.05, 0) is 44.2 Å². The van der Waals surface area contributed by atoms with Crippen LogP contribution < -0.4 is 5.32 Å². The Morgan fingerprint density at radius 2 is 2.08 bits per heavy atom. The summed E-state index contributed by atoms with van der Waals surface area (Å²) in [5.74, 6) is 1.72. The topological polar surface area (TPSA) is 69.2 Å². The molecular formula is C19H24N4O2. The number of aromatic nitrogens is 3. The number of pyridine rings is 1. The molecule has 6 nitrogen and oxygen atoms in total. The zero-order valence-electron chi connectivity index (χ0n) is 14.4. The Balaban J connectivity index is 1.39. The third kappa shape index (κ3) is 3.96. The third-order valence-electron chi connectivity index (χ3n) is 4.74. The molecule has 2 aliphatic rings. The van der Waals surface area contributed by atoms with Crippen LogP contribution in [0.1, 0.15) is 30.5 Å². The molecule has 1 N–H and O–H groups in total. The maximum absolute atomic E-state index is 5.73. The van der Waals surface area contributed by atoms with Crippen molar-refractivity contribution in [2.24, 2.45) is 0 Å². The molecule has 0 spiro atoms. The van der Waals surface area contributed by atoms with Crippen molar-refractivity contribution in [1.29, 1.82) is 0 Å². The van der Waals surface area contributed by atoms with Crippen LogP contribution in [0.3, 0.4) is 0 Å². The van der Waals surface area contributed by atoms with Gasteiger partial charge in [-0.1, -0.05) is 0 Å². The second-order valence-electron chi connectivity index (χ2n) is 6.55. The number of rotatable bonds is 7. The van der Waals surface area contributed by atoms with Gasteiger partial charge in [-0.25, -0.2) is 9.97 Å². The van der Waals surface area contributed by atoms with Gasteiger partial charge in [-0.15, -0.1) is 0 Å². The van der Waals surface area contributed by atoms with Crippen molar-refractivity contribution in [2.45, 2.75) is 38.2 Å². The zero-order valence-corrected chi connectivity index (χ0v) is 14.4. The molecule has 3 heterocycles. The number of hydrogen-bond acceptors (Lipinski definition) is 6. The zero-order chi connectivity index (χ0) is 16.9. The van der Waals surface area contributed by atoms with Gasteiger partial charge in [0, 0.05) is 42.4 Å². The number of aryl methyl sites for hydroxylation is 1. The molecule has 25 heavy (non-hydrogen) atoms. The average Bonchev–Trinajstić information content (AvgIpc) is 3.33. The van der Waals surface area contributed by atoms with E-state index in [2.05, 4.69) is 10.3 Å². The number of nitrogens with zero attached hydrogens (tertiary/aromatic N) is 3. The summed E-state index contributed by atoms with van der Waals surface area (Å²) in [6.07, 6.45) is 9.32. The molecule has 1 atom stereocenters. The standard InChI is InChI=1S/C19H24N4O2/c1-4-16-17(5-1)22-18(14-6-8-20-9-7-14)23-19(16)21-10-12-24-13-15-3-2-11-25-15/h6-9,15H,1-5,10-13H2,(H,21,22,23). The summed E-state index contributed by atoms with van der Waals surface area (Å²) in [7, 11) is 0. The van der Waals surface area contributed by atoms with Gasteiger partial charge in [0.1, 0.15) is 5.82 Å². The minimum Gasteiger partial charge on any atom is -0.377 e. The lowest BCUT2D eigenvalue weighted by Gasteiger charge is -2.13. The van der Waals surface area contributed by atoms with E-state index in [0.717, 1.165) is 62.5 Å². The van der Waals surface area contributed by atoms with Gasteiger partial charge in [-0.2, -0.15) is 0 Å². The highest BCUT2D eigenvalue weighted by atomic mass is 16.5. The van der Waals surface area contributed by atoms with Crippen molar-refractivity contribution < 1.29 is 9.47 Å². The number of anilines is 1. The monoisotopic (exact) mass is 340 g/mol. The summed E-state index contributed by atoms with van der Waals surface area (Å²) in [6.45, 7) is 2.96. The first kappa shape index (κ1) is 16.4. The van der Waals surface area contributed by atoms with Crippen molar-refractivity contribution in [3.05, 3.63) is 35.8 Å². The van der Waals surface area contributed by atoms with Crippen LogP contribution in [0.5, 0.6) is 0 Å². The average molecular weight is 340 g/mol. The predicted octanol–water partition coefficient (Wildman–Crippen LogP) is 2.63. The first-order valence-corrected chi connectivity index (χ1v) is 9.13. The highest BCUT2D eigenvalue weighted by Gasteiger charge is 2.20. The quantitative estimate of drug-likeness (QED) is 0.782. The van der Waals surface area contributed by atoms with Crippen LogP contribution in [0.2, 0.25) is 0 Å². The van der Waals surface area contributed by atoms with Gasteiger partial charge >= 0.3 is 0 Å². The molecule has 2 aromatic heterocycles. The Kier molecular flexibility index (Phi) is 5.18. The highest BCUT2D eigenvalue weighted by Crippen LogP contribution is 2.28. The molecule has 1 fully saturated rings. The minimum absolute atomic E-state index is 0.279. The lowest BCUT2D eigenvalue weighted by Crippen LogP contribution is -2.18.